The highest BCUT2D eigenvalue weighted by Crippen LogP contribution is 2.25. The molecule has 0 aromatic rings. The third-order valence-electron chi connectivity index (χ3n) is 2.43. The Labute approximate surface area is 79.9 Å². The molecule has 3 N–H and O–H groups in total. The third-order valence-corrected chi connectivity index (χ3v) is 3.87. The van der Waals surface area contributed by atoms with Gasteiger partial charge in [0, 0.05) is 6.54 Å². The van der Waals surface area contributed by atoms with E-state index in [4.69, 9.17) is 5.73 Å². The quantitative estimate of drug-likeness (QED) is 0.645. The van der Waals surface area contributed by atoms with E-state index in [1.807, 2.05) is 0 Å². The Hall–Kier alpha value is -0.130. The van der Waals surface area contributed by atoms with E-state index in [0.717, 1.165) is 0 Å². The number of hydrogen-bond donors (Lipinski definition) is 2. The van der Waals surface area contributed by atoms with E-state index in [-0.39, 0.29) is 5.75 Å². The number of nitrogens with one attached hydrogen (secondary N) is 1. The maximum Gasteiger partial charge on any atom is 0.211 e. The van der Waals surface area contributed by atoms with Crippen molar-refractivity contribution in [3.63, 3.8) is 0 Å². The molecule has 1 rings (SSSR count). The molecule has 0 spiro atoms. The molecule has 0 radical (unpaired) electrons. The summed E-state index contributed by atoms with van der Waals surface area (Å²) >= 11 is 0. The van der Waals surface area contributed by atoms with E-state index in [9.17, 15) is 8.42 Å². The first-order chi connectivity index (χ1) is 6.14. The lowest BCUT2D eigenvalue weighted by atomic mass is 9.86. The molecule has 1 fully saturated rings. The van der Waals surface area contributed by atoms with Gasteiger partial charge in [0.15, 0.2) is 0 Å². The van der Waals surface area contributed by atoms with Gasteiger partial charge in [0.05, 0.1) is 5.75 Å². The summed E-state index contributed by atoms with van der Waals surface area (Å²) in [5.74, 6) is 0.739. The third kappa shape index (κ3) is 4.06. The molecular formula is C8H18N2O2S. The van der Waals surface area contributed by atoms with Gasteiger partial charge < -0.3 is 5.73 Å². The second-order valence-corrected chi connectivity index (χ2v) is 5.53. The van der Waals surface area contributed by atoms with Crippen molar-refractivity contribution in [1.82, 2.24) is 4.72 Å². The molecular weight excluding hydrogens is 188 g/mol. The Kier molecular flexibility index (Phi) is 4.15. The van der Waals surface area contributed by atoms with E-state index in [1.54, 1.807) is 0 Å². The Bertz CT molecular complexity index is 235. The second-order valence-electron chi connectivity index (χ2n) is 3.61. The first kappa shape index (κ1) is 10.9. The van der Waals surface area contributed by atoms with Gasteiger partial charge in [0.1, 0.15) is 0 Å². The first-order valence-electron chi connectivity index (χ1n) is 4.81. The molecule has 1 aliphatic carbocycles. The lowest BCUT2D eigenvalue weighted by molar-refractivity contribution is 0.316. The topological polar surface area (TPSA) is 72.2 Å². The SMILES string of the molecule is NCCCS(=O)(=O)NCC1CCC1. The number of rotatable bonds is 6. The predicted molar refractivity (Wildman–Crippen MR) is 52.8 cm³/mol. The lowest BCUT2D eigenvalue weighted by Gasteiger charge is -2.25. The zero-order valence-electron chi connectivity index (χ0n) is 7.83. The van der Waals surface area contributed by atoms with E-state index in [2.05, 4.69) is 4.72 Å². The molecule has 4 nitrogen and oxygen atoms in total. The average Bonchev–Trinajstić information content (AvgIpc) is 1.98. The minimum Gasteiger partial charge on any atom is -0.330 e. The predicted octanol–water partition coefficient (Wildman–Crippen LogP) is 0.0547. The summed E-state index contributed by atoms with van der Waals surface area (Å²) in [6.07, 6.45) is 4.12. The maximum absolute atomic E-state index is 11.3. The van der Waals surface area contributed by atoms with Crippen LogP contribution in [0.25, 0.3) is 0 Å². The van der Waals surface area contributed by atoms with Crippen LogP contribution in [0.5, 0.6) is 0 Å². The van der Waals surface area contributed by atoms with Gasteiger partial charge in [-0.15, -0.1) is 0 Å². The molecule has 0 aromatic carbocycles. The number of hydrogen-bond acceptors (Lipinski definition) is 3. The van der Waals surface area contributed by atoms with Crippen molar-refractivity contribution in [3.05, 3.63) is 0 Å². The molecule has 0 bridgehead atoms. The minimum atomic E-state index is -3.04. The van der Waals surface area contributed by atoms with E-state index < -0.39 is 10.0 Å². The molecule has 0 aliphatic heterocycles. The van der Waals surface area contributed by atoms with E-state index in [0.29, 0.717) is 25.4 Å². The molecule has 0 saturated heterocycles. The van der Waals surface area contributed by atoms with Crippen molar-refractivity contribution in [1.29, 1.82) is 0 Å². The fraction of sp³-hybridized carbons (Fsp3) is 1.00. The van der Waals surface area contributed by atoms with Crippen LogP contribution in [-0.2, 0) is 10.0 Å². The number of sulfonamides is 1. The van der Waals surface area contributed by atoms with Crippen LogP contribution in [0.3, 0.4) is 0 Å². The van der Waals surface area contributed by atoms with Crippen LogP contribution in [-0.4, -0.2) is 27.3 Å². The highest BCUT2D eigenvalue weighted by molar-refractivity contribution is 7.89. The first-order valence-corrected chi connectivity index (χ1v) is 6.46. The van der Waals surface area contributed by atoms with Crippen LogP contribution in [0.2, 0.25) is 0 Å². The fourth-order valence-electron chi connectivity index (χ4n) is 1.29. The summed E-state index contributed by atoms with van der Waals surface area (Å²) in [6.45, 7) is 1.05. The summed E-state index contributed by atoms with van der Waals surface area (Å²) in [7, 11) is -3.04. The van der Waals surface area contributed by atoms with Crippen molar-refractivity contribution in [2.24, 2.45) is 11.7 Å². The van der Waals surface area contributed by atoms with Crippen LogP contribution in [0.1, 0.15) is 25.7 Å². The summed E-state index contributed by atoms with van der Waals surface area (Å²) in [6, 6.07) is 0. The highest BCUT2D eigenvalue weighted by Gasteiger charge is 2.19. The van der Waals surface area contributed by atoms with Gasteiger partial charge >= 0.3 is 0 Å². The van der Waals surface area contributed by atoms with Crippen LogP contribution in [0.4, 0.5) is 0 Å². The summed E-state index contributed by atoms with van der Waals surface area (Å²) in [4.78, 5) is 0. The summed E-state index contributed by atoms with van der Waals surface area (Å²) < 4.78 is 25.1. The van der Waals surface area contributed by atoms with Gasteiger partial charge in [0.2, 0.25) is 10.0 Å². The standard InChI is InChI=1S/C8H18N2O2S/c9-5-2-6-13(11,12)10-7-8-3-1-4-8/h8,10H,1-7,9H2. The molecule has 78 valence electrons. The minimum absolute atomic E-state index is 0.163. The Morgan fingerprint density at radius 3 is 2.54 bits per heavy atom. The van der Waals surface area contributed by atoms with Crippen LogP contribution in [0, 0.1) is 5.92 Å². The monoisotopic (exact) mass is 206 g/mol. The molecule has 0 aromatic heterocycles. The molecule has 0 amide bonds. The summed E-state index contributed by atoms with van der Waals surface area (Å²) in [5.41, 5.74) is 5.24. The molecule has 5 heteroatoms. The average molecular weight is 206 g/mol. The largest absolute Gasteiger partial charge is 0.330 e. The van der Waals surface area contributed by atoms with E-state index in [1.165, 1.54) is 19.3 Å². The zero-order chi connectivity index (χ0) is 9.73. The van der Waals surface area contributed by atoms with Gasteiger partial charge in [-0.05, 0) is 31.7 Å². The zero-order valence-corrected chi connectivity index (χ0v) is 8.65. The molecule has 1 aliphatic rings. The smallest absolute Gasteiger partial charge is 0.211 e. The molecule has 0 atom stereocenters. The Morgan fingerprint density at radius 1 is 1.38 bits per heavy atom. The van der Waals surface area contributed by atoms with Gasteiger partial charge in [-0.1, -0.05) is 6.42 Å². The van der Waals surface area contributed by atoms with Crippen molar-refractivity contribution >= 4 is 10.0 Å². The Balaban J connectivity index is 2.17. The van der Waals surface area contributed by atoms with Crippen LogP contribution in [0.15, 0.2) is 0 Å². The lowest BCUT2D eigenvalue weighted by Crippen LogP contribution is -2.34. The molecule has 1 saturated carbocycles. The van der Waals surface area contributed by atoms with E-state index >= 15 is 0 Å². The van der Waals surface area contributed by atoms with Crippen LogP contribution >= 0.6 is 0 Å². The summed E-state index contributed by atoms with van der Waals surface area (Å²) in [5, 5.41) is 0. The second kappa shape index (κ2) is 4.93. The van der Waals surface area contributed by atoms with Crippen molar-refractivity contribution in [2.75, 3.05) is 18.8 Å². The van der Waals surface area contributed by atoms with Gasteiger partial charge in [-0.2, -0.15) is 0 Å². The Morgan fingerprint density at radius 2 is 2.08 bits per heavy atom. The maximum atomic E-state index is 11.3. The molecule has 0 heterocycles. The number of nitrogens with two attached hydrogens (primary N) is 1. The highest BCUT2D eigenvalue weighted by atomic mass is 32.2. The normalized spacial score (nSPS) is 18.5. The molecule has 0 unspecified atom stereocenters. The molecule has 13 heavy (non-hydrogen) atoms. The fourth-order valence-corrected chi connectivity index (χ4v) is 2.47. The van der Waals surface area contributed by atoms with Crippen molar-refractivity contribution < 1.29 is 8.42 Å². The van der Waals surface area contributed by atoms with Crippen molar-refractivity contribution in [3.8, 4) is 0 Å². The van der Waals surface area contributed by atoms with Gasteiger partial charge in [-0.3, -0.25) is 0 Å². The van der Waals surface area contributed by atoms with Crippen molar-refractivity contribution in [2.45, 2.75) is 25.7 Å². The van der Waals surface area contributed by atoms with Gasteiger partial charge in [-0.25, -0.2) is 13.1 Å². The van der Waals surface area contributed by atoms with Crippen LogP contribution < -0.4 is 10.5 Å². The van der Waals surface area contributed by atoms with Gasteiger partial charge in [0.25, 0.3) is 0 Å².